The van der Waals surface area contributed by atoms with Gasteiger partial charge in [-0.25, -0.2) is 4.39 Å². The molecule has 1 heterocycles. The molecule has 1 aliphatic heterocycles. The number of halogens is 2. The zero-order chi connectivity index (χ0) is 11.5. The van der Waals surface area contributed by atoms with Gasteiger partial charge in [0.25, 0.3) is 0 Å². The van der Waals surface area contributed by atoms with Crippen LogP contribution in [-0.2, 0) is 6.54 Å². The summed E-state index contributed by atoms with van der Waals surface area (Å²) < 4.78 is 13.0. The highest BCUT2D eigenvalue weighted by Gasteiger charge is 2.23. The lowest BCUT2D eigenvalue weighted by Gasteiger charge is -2.22. The van der Waals surface area contributed by atoms with E-state index in [0.717, 1.165) is 31.5 Å². The Hall–Kier alpha value is -0.640. The standard InChI is InChI=1S/C12H15ClFNO/c13-11-6-9(3-4-12(11)14)7-15-5-1-2-10(15)8-16/h3-4,6,10,16H,1-2,5,7-8H2/t10-/m1/s1. The van der Waals surface area contributed by atoms with E-state index in [1.54, 1.807) is 12.1 Å². The van der Waals surface area contributed by atoms with Crippen molar-refractivity contribution in [2.24, 2.45) is 0 Å². The number of nitrogens with zero attached hydrogens (tertiary/aromatic N) is 1. The van der Waals surface area contributed by atoms with Gasteiger partial charge in [0.1, 0.15) is 5.82 Å². The number of benzene rings is 1. The molecule has 1 fully saturated rings. The molecule has 0 aliphatic carbocycles. The molecule has 0 saturated carbocycles. The summed E-state index contributed by atoms with van der Waals surface area (Å²) in [6, 6.07) is 5.03. The average Bonchev–Trinajstić information content (AvgIpc) is 2.71. The van der Waals surface area contributed by atoms with Crippen LogP contribution in [0.5, 0.6) is 0 Å². The average molecular weight is 244 g/mol. The first-order valence-electron chi connectivity index (χ1n) is 5.49. The summed E-state index contributed by atoms with van der Waals surface area (Å²) in [5.74, 6) is -0.384. The third-order valence-corrected chi connectivity index (χ3v) is 3.37. The van der Waals surface area contributed by atoms with E-state index in [1.165, 1.54) is 6.07 Å². The molecule has 0 unspecified atom stereocenters. The van der Waals surface area contributed by atoms with Gasteiger partial charge >= 0.3 is 0 Å². The van der Waals surface area contributed by atoms with Gasteiger partial charge in [-0.3, -0.25) is 4.90 Å². The predicted molar refractivity (Wildman–Crippen MR) is 61.9 cm³/mol. The summed E-state index contributed by atoms with van der Waals surface area (Å²) in [4.78, 5) is 2.21. The lowest BCUT2D eigenvalue weighted by atomic mass is 10.2. The molecule has 4 heteroatoms. The Labute approximate surface area is 99.6 Å². The molecule has 1 aromatic rings. The van der Waals surface area contributed by atoms with Crippen molar-refractivity contribution in [3.8, 4) is 0 Å². The summed E-state index contributed by atoms with van der Waals surface area (Å²) >= 11 is 5.73. The van der Waals surface area contributed by atoms with E-state index < -0.39 is 0 Å². The van der Waals surface area contributed by atoms with E-state index in [-0.39, 0.29) is 23.5 Å². The molecule has 1 N–H and O–H groups in total. The van der Waals surface area contributed by atoms with E-state index in [9.17, 15) is 9.50 Å². The number of aliphatic hydroxyl groups is 1. The van der Waals surface area contributed by atoms with Crippen LogP contribution in [0, 0.1) is 5.82 Å². The first-order valence-corrected chi connectivity index (χ1v) is 5.87. The fraction of sp³-hybridized carbons (Fsp3) is 0.500. The maximum Gasteiger partial charge on any atom is 0.141 e. The Bertz CT molecular complexity index is 372. The highest BCUT2D eigenvalue weighted by Crippen LogP contribution is 2.22. The third-order valence-electron chi connectivity index (χ3n) is 3.08. The van der Waals surface area contributed by atoms with Crippen molar-refractivity contribution in [2.75, 3.05) is 13.2 Å². The number of likely N-dealkylation sites (tertiary alicyclic amines) is 1. The molecule has 2 rings (SSSR count). The molecule has 2 nitrogen and oxygen atoms in total. The van der Waals surface area contributed by atoms with Crippen molar-refractivity contribution in [2.45, 2.75) is 25.4 Å². The van der Waals surface area contributed by atoms with Crippen LogP contribution in [0.4, 0.5) is 4.39 Å². The molecular formula is C12H15ClFNO. The Morgan fingerprint density at radius 1 is 1.50 bits per heavy atom. The maximum atomic E-state index is 13.0. The monoisotopic (exact) mass is 243 g/mol. The van der Waals surface area contributed by atoms with Gasteiger partial charge in [0, 0.05) is 12.6 Å². The summed E-state index contributed by atoms with van der Waals surface area (Å²) in [5, 5.41) is 9.35. The second-order valence-electron chi connectivity index (χ2n) is 4.20. The molecule has 0 spiro atoms. The second-order valence-corrected chi connectivity index (χ2v) is 4.60. The lowest BCUT2D eigenvalue weighted by Crippen LogP contribution is -2.31. The van der Waals surface area contributed by atoms with Crippen LogP contribution in [0.2, 0.25) is 5.02 Å². The molecule has 16 heavy (non-hydrogen) atoms. The van der Waals surface area contributed by atoms with Gasteiger partial charge in [0.05, 0.1) is 11.6 Å². The van der Waals surface area contributed by atoms with Crippen LogP contribution in [0.25, 0.3) is 0 Å². The van der Waals surface area contributed by atoms with E-state index in [4.69, 9.17) is 11.6 Å². The summed E-state index contributed by atoms with van der Waals surface area (Å²) in [6.07, 6.45) is 2.14. The van der Waals surface area contributed by atoms with Gasteiger partial charge in [-0.15, -0.1) is 0 Å². The fourth-order valence-electron chi connectivity index (χ4n) is 2.18. The molecule has 88 valence electrons. The predicted octanol–water partition coefficient (Wildman–Crippen LogP) is 2.44. The highest BCUT2D eigenvalue weighted by atomic mass is 35.5. The van der Waals surface area contributed by atoms with Crippen molar-refractivity contribution >= 4 is 11.6 Å². The molecule has 0 aromatic heterocycles. The summed E-state index contributed by atoms with van der Waals surface area (Å²) in [6.45, 7) is 1.90. The van der Waals surface area contributed by atoms with Crippen LogP contribution in [0.3, 0.4) is 0 Å². The number of rotatable bonds is 3. The Balaban J connectivity index is 2.05. The zero-order valence-corrected chi connectivity index (χ0v) is 9.75. The maximum absolute atomic E-state index is 13.0. The second kappa shape index (κ2) is 5.13. The first-order chi connectivity index (χ1) is 7.70. The smallest absolute Gasteiger partial charge is 0.141 e. The van der Waals surface area contributed by atoms with Gasteiger partial charge in [0.15, 0.2) is 0 Å². The quantitative estimate of drug-likeness (QED) is 0.882. The van der Waals surface area contributed by atoms with Crippen LogP contribution in [0.1, 0.15) is 18.4 Å². The van der Waals surface area contributed by atoms with Gasteiger partial charge in [-0.1, -0.05) is 17.7 Å². The van der Waals surface area contributed by atoms with Crippen molar-refractivity contribution in [3.63, 3.8) is 0 Å². The largest absolute Gasteiger partial charge is 0.395 e. The zero-order valence-electron chi connectivity index (χ0n) is 9.00. The van der Waals surface area contributed by atoms with Crippen molar-refractivity contribution in [1.29, 1.82) is 0 Å². The van der Waals surface area contributed by atoms with E-state index in [0.29, 0.717) is 0 Å². The molecular weight excluding hydrogens is 229 g/mol. The van der Waals surface area contributed by atoms with Crippen LogP contribution < -0.4 is 0 Å². The van der Waals surface area contributed by atoms with E-state index in [1.807, 2.05) is 0 Å². The minimum Gasteiger partial charge on any atom is -0.395 e. The van der Waals surface area contributed by atoms with Crippen molar-refractivity contribution in [1.82, 2.24) is 4.90 Å². The minimum atomic E-state index is -0.384. The summed E-state index contributed by atoms with van der Waals surface area (Å²) in [5.41, 5.74) is 0.992. The number of aliphatic hydroxyl groups excluding tert-OH is 1. The van der Waals surface area contributed by atoms with Crippen LogP contribution >= 0.6 is 11.6 Å². The van der Waals surface area contributed by atoms with Gasteiger partial charge in [-0.2, -0.15) is 0 Å². The number of hydrogen-bond acceptors (Lipinski definition) is 2. The number of hydrogen-bond donors (Lipinski definition) is 1. The molecule has 1 aliphatic rings. The molecule has 0 amide bonds. The summed E-state index contributed by atoms with van der Waals surface area (Å²) in [7, 11) is 0. The molecule has 1 atom stereocenters. The van der Waals surface area contributed by atoms with Crippen LogP contribution in [0.15, 0.2) is 18.2 Å². The Kier molecular flexibility index (Phi) is 3.79. The highest BCUT2D eigenvalue weighted by molar-refractivity contribution is 6.30. The SMILES string of the molecule is OC[C@H]1CCCN1Cc1ccc(F)c(Cl)c1. The Morgan fingerprint density at radius 3 is 3.00 bits per heavy atom. The molecule has 0 bridgehead atoms. The molecule has 1 saturated heterocycles. The van der Waals surface area contributed by atoms with E-state index in [2.05, 4.69) is 4.90 Å². The fourth-order valence-corrected chi connectivity index (χ4v) is 2.39. The molecule has 0 radical (unpaired) electrons. The Morgan fingerprint density at radius 2 is 2.31 bits per heavy atom. The van der Waals surface area contributed by atoms with Crippen LogP contribution in [-0.4, -0.2) is 29.2 Å². The minimum absolute atomic E-state index is 0.164. The van der Waals surface area contributed by atoms with Crippen molar-refractivity contribution in [3.05, 3.63) is 34.6 Å². The van der Waals surface area contributed by atoms with Gasteiger partial charge < -0.3 is 5.11 Å². The lowest BCUT2D eigenvalue weighted by molar-refractivity contribution is 0.153. The van der Waals surface area contributed by atoms with Gasteiger partial charge in [-0.05, 0) is 37.1 Å². The molecule has 1 aromatic carbocycles. The van der Waals surface area contributed by atoms with Gasteiger partial charge in [0.2, 0.25) is 0 Å². The first kappa shape index (κ1) is 11.8. The van der Waals surface area contributed by atoms with Crippen molar-refractivity contribution < 1.29 is 9.50 Å². The normalized spacial score (nSPS) is 21.6. The van der Waals surface area contributed by atoms with E-state index >= 15 is 0 Å². The topological polar surface area (TPSA) is 23.5 Å². The third kappa shape index (κ3) is 2.54.